The summed E-state index contributed by atoms with van der Waals surface area (Å²) in [6, 6.07) is 102. The van der Waals surface area contributed by atoms with Crippen LogP contribution in [0.15, 0.2) is 273 Å². The molecule has 328 valence electrons. The zero-order valence-electron chi connectivity index (χ0n) is 38.3. The second-order valence-corrected chi connectivity index (χ2v) is 22.2. The molecular weight excluding hydrogens is 863 g/mol. The van der Waals surface area contributed by atoms with Crippen LogP contribution in [0.4, 0.5) is 0 Å². The van der Waals surface area contributed by atoms with Crippen molar-refractivity contribution in [1.29, 1.82) is 0 Å². The molecule has 0 atom stereocenters. The first-order valence-corrected chi connectivity index (χ1v) is 26.2. The Morgan fingerprint density at radius 3 is 1.21 bits per heavy atom. The summed E-state index contributed by atoms with van der Waals surface area (Å²) in [5.41, 5.74) is 12.9. The van der Waals surface area contributed by atoms with E-state index in [1.54, 1.807) is 0 Å². The lowest BCUT2D eigenvalue weighted by molar-refractivity contribution is 1.15. The van der Waals surface area contributed by atoms with Gasteiger partial charge in [0.15, 0.2) is 8.07 Å². The van der Waals surface area contributed by atoms with E-state index in [0.717, 1.165) is 22.6 Å². The minimum Gasteiger partial charge on any atom is -0.309 e. The van der Waals surface area contributed by atoms with E-state index in [1.165, 1.54) is 91.8 Å². The van der Waals surface area contributed by atoms with Gasteiger partial charge in [0, 0.05) is 49.4 Å². The predicted octanol–water partition coefficient (Wildman–Crippen LogP) is 14.0. The molecule has 3 aromatic heterocycles. The summed E-state index contributed by atoms with van der Waals surface area (Å²) in [5.74, 6) is 0. The van der Waals surface area contributed by atoms with Crippen molar-refractivity contribution < 1.29 is 0 Å². The molecular formula is C66H45N3Si. The first kappa shape index (κ1) is 40.1. The van der Waals surface area contributed by atoms with Crippen molar-refractivity contribution in [2.24, 2.45) is 0 Å². The molecule has 0 saturated heterocycles. The molecule has 14 rings (SSSR count). The largest absolute Gasteiger partial charge is 0.309 e. The van der Waals surface area contributed by atoms with Gasteiger partial charge in [0.2, 0.25) is 0 Å². The molecule has 3 heterocycles. The maximum absolute atomic E-state index is 3.02. The Labute approximate surface area is 407 Å². The third-order valence-corrected chi connectivity index (χ3v) is 19.6. The Bertz CT molecular complexity index is 4130. The molecule has 11 aromatic carbocycles. The lowest BCUT2D eigenvalue weighted by Gasteiger charge is -2.35. The van der Waals surface area contributed by atoms with E-state index in [9.17, 15) is 0 Å². The van der Waals surface area contributed by atoms with Crippen LogP contribution >= 0.6 is 0 Å². The van der Waals surface area contributed by atoms with Crippen molar-refractivity contribution in [2.45, 2.75) is 0 Å². The summed E-state index contributed by atoms with van der Waals surface area (Å²) in [7, 11) is -3.02. The number of hydrogen-bond acceptors (Lipinski definition) is 0. The molecule has 0 bridgehead atoms. The summed E-state index contributed by atoms with van der Waals surface area (Å²) >= 11 is 0. The van der Waals surface area contributed by atoms with E-state index in [2.05, 4.69) is 287 Å². The van der Waals surface area contributed by atoms with Gasteiger partial charge in [-0.15, -0.1) is 0 Å². The van der Waals surface area contributed by atoms with E-state index < -0.39 is 8.07 Å². The van der Waals surface area contributed by atoms with Crippen LogP contribution in [0.3, 0.4) is 0 Å². The average molecular weight is 908 g/mol. The van der Waals surface area contributed by atoms with Gasteiger partial charge < -0.3 is 13.7 Å². The van der Waals surface area contributed by atoms with Gasteiger partial charge in [-0.25, -0.2) is 0 Å². The minimum absolute atomic E-state index is 1.11. The highest BCUT2D eigenvalue weighted by Gasteiger charge is 2.43. The van der Waals surface area contributed by atoms with Crippen LogP contribution in [0.5, 0.6) is 0 Å². The van der Waals surface area contributed by atoms with Crippen molar-refractivity contribution in [3.63, 3.8) is 0 Å². The van der Waals surface area contributed by atoms with E-state index >= 15 is 0 Å². The van der Waals surface area contributed by atoms with Gasteiger partial charge in [0.25, 0.3) is 0 Å². The summed E-state index contributed by atoms with van der Waals surface area (Å²) in [6.45, 7) is 0. The Kier molecular flexibility index (Phi) is 9.23. The molecule has 14 aromatic rings. The number of hydrogen-bond donors (Lipinski definition) is 0. The number of nitrogens with zero attached hydrogens (tertiary/aromatic N) is 3. The van der Waals surface area contributed by atoms with E-state index in [1.807, 2.05) is 0 Å². The van der Waals surface area contributed by atoms with Crippen LogP contribution in [0.1, 0.15) is 0 Å². The number of fused-ring (bicyclic) bond motifs is 9. The highest BCUT2D eigenvalue weighted by Crippen LogP contribution is 2.40. The monoisotopic (exact) mass is 907 g/mol. The van der Waals surface area contributed by atoms with Gasteiger partial charge in [-0.2, -0.15) is 0 Å². The van der Waals surface area contributed by atoms with Crippen molar-refractivity contribution >= 4 is 94.2 Å². The van der Waals surface area contributed by atoms with Gasteiger partial charge >= 0.3 is 0 Å². The smallest absolute Gasteiger partial charge is 0.180 e. The Balaban J connectivity index is 1.11. The summed E-state index contributed by atoms with van der Waals surface area (Å²) in [6.07, 6.45) is 0. The summed E-state index contributed by atoms with van der Waals surface area (Å²) < 4.78 is 7.45. The molecule has 0 amide bonds. The number of aromatic nitrogens is 3. The number of rotatable bonds is 8. The fourth-order valence-electron chi connectivity index (χ4n) is 11.9. The molecule has 0 aliphatic heterocycles. The molecule has 3 nitrogen and oxygen atoms in total. The molecule has 4 heteroatoms. The van der Waals surface area contributed by atoms with Crippen molar-refractivity contribution in [3.8, 4) is 28.2 Å². The highest BCUT2D eigenvalue weighted by molar-refractivity contribution is 7.20. The van der Waals surface area contributed by atoms with Gasteiger partial charge in [0.05, 0.1) is 33.1 Å². The third kappa shape index (κ3) is 6.00. The maximum Gasteiger partial charge on any atom is 0.180 e. The lowest BCUT2D eigenvalue weighted by atomic mass is 10.1. The van der Waals surface area contributed by atoms with Crippen LogP contribution < -0.4 is 20.7 Å². The molecule has 0 unspecified atom stereocenters. The summed E-state index contributed by atoms with van der Waals surface area (Å²) in [4.78, 5) is 0. The number of benzene rings is 11. The molecule has 0 aliphatic rings. The molecule has 0 saturated carbocycles. The molecule has 70 heavy (non-hydrogen) atoms. The fourth-order valence-corrected chi connectivity index (χ4v) is 16.8. The normalized spacial score (nSPS) is 12.0. The molecule has 0 aliphatic carbocycles. The van der Waals surface area contributed by atoms with Gasteiger partial charge in [-0.1, -0.05) is 206 Å². The van der Waals surface area contributed by atoms with Crippen LogP contribution in [-0.2, 0) is 0 Å². The Morgan fingerprint density at radius 2 is 0.629 bits per heavy atom. The van der Waals surface area contributed by atoms with Crippen LogP contribution in [-0.4, -0.2) is 21.8 Å². The number of para-hydroxylation sites is 3. The van der Waals surface area contributed by atoms with E-state index in [0.29, 0.717) is 0 Å². The van der Waals surface area contributed by atoms with Gasteiger partial charge in [-0.3, -0.25) is 0 Å². The van der Waals surface area contributed by atoms with Crippen molar-refractivity contribution in [3.05, 3.63) is 273 Å². The molecule has 0 N–H and O–H groups in total. The minimum atomic E-state index is -3.02. The predicted molar refractivity (Wildman–Crippen MR) is 299 cm³/mol. The Hall–Kier alpha value is -8.96. The lowest BCUT2D eigenvalue weighted by Crippen LogP contribution is -2.74. The summed E-state index contributed by atoms with van der Waals surface area (Å²) in [5, 5.41) is 12.9. The second-order valence-electron chi connectivity index (χ2n) is 18.4. The second kappa shape index (κ2) is 16.1. The quantitative estimate of drug-likeness (QED) is 0.107. The zero-order chi connectivity index (χ0) is 46.2. The first-order chi connectivity index (χ1) is 34.8. The van der Waals surface area contributed by atoms with E-state index in [4.69, 9.17) is 0 Å². The van der Waals surface area contributed by atoms with Gasteiger partial charge in [0.1, 0.15) is 0 Å². The van der Waals surface area contributed by atoms with Crippen LogP contribution in [0, 0.1) is 0 Å². The Morgan fingerprint density at radius 1 is 0.229 bits per heavy atom. The van der Waals surface area contributed by atoms with Crippen LogP contribution in [0.25, 0.3) is 93.6 Å². The van der Waals surface area contributed by atoms with Crippen molar-refractivity contribution in [1.82, 2.24) is 13.7 Å². The van der Waals surface area contributed by atoms with E-state index in [-0.39, 0.29) is 0 Å². The average Bonchev–Trinajstić information content (AvgIpc) is 4.08. The topological polar surface area (TPSA) is 14.8 Å². The molecule has 0 spiro atoms. The third-order valence-electron chi connectivity index (χ3n) is 14.8. The molecule has 0 fully saturated rings. The first-order valence-electron chi connectivity index (χ1n) is 24.2. The fraction of sp³-hybridized carbons (Fsp3) is 0. The zero-order valence-corrected chi connectivity index (χ0v) is 39.3. The van der Waals surface area contributed by atoms with Crippen molar-refractivity contribution in [2.75, 3.05) is 0 Å². The SMILES string of the molecule is c1ccc(-c2cccc(-n3c4ccccc4c4ccc(-n5c6ccc(-n7c8ccccc8c8ccccc87)cc6c6c([Si](c7ccccc7)(c7ccccc7)c7ccccc7)cccc65)cc43)c2)cc1. The highest BCUT2D eigenvalue weighted by atomic mass is 28.3. The van der Waals surface area contributed by atoms with Gasteiger partial charge in [-0.05, 0) is 98.6 Å². The van der Waals surface area contributed by atoms with Crippen LogP contribution in [0.2, 0.25) is 0 Å². The maximum atomic E-state index is 2.53. The standard InChI is InChI=1S/C66H45N3Si/c1-5-21-46(22-6-1)47-23-19-24-48(43-47)69-61-36-18-15-33-56(61)57-41-39-50(45-64(57)69)68-62-42-40-49(67-59-34-16-13-31-54(59)55-32-14-17-35-60(55)67)44-58(62)66-63(68)37-20-38-65(66)70(51-25-7-2-8-26-51,52-27-9-3-10-28-52)53-29-11-4-12-30-53/h1-45H. The molecule has 0 radical (unpaired) electrons.